The van der Waals surface area contributed by atoms with E-state index in [1.807, 2.05) is 24.3 Å². The lowest BCUT2D eigenvalue weighted by molar-refractivity contribution is -0.120. The zero-order valence-corrected chi connectivity index (χ0v) is 10.0. The Kier molecular flexibility index (Phi) is 4.38. The Balaban J connectivity index is 2.56. The molecule has 0 heterocycles. The first-order valence-corrected chi connectivity index (χ1v) is 5.41. The van der Waals surface area contributed by atoms with Crippen molar-refractivity contribution >= 4 is 21.8 Å². The molecule has 0 aliphatic carbocycles. The fourth-order valence-electron chi connectivity index (χ4n) is 1.17. The highest BCUT2D eigenvalue weighted by Gasteiger charge is 2.05. The third kappa shape index (κ3) is 4.18. The molecule has 15 heavy (non-hydrogen) atoms. The molecular formula is C12H12BrNO. The van der Waals surface area contributed by atoms with Gasteiger partial charge in [0.1, 0.15) is 0 Å². The van der Waals surface area contributed by atoms with Crippen LogP contribution in [0, 0.1) is 12.3 Å². The van der Waals surface area contributed by atoms with E-state index in [-0.39, 0.29) is 11.9 Å². The zero-order chi connectivity index (χ0) is 11.3. The summed E-state index contributed by atoms with van der Waals surface area (Å²) < 4.78 is 0.970. The third-order valence-corrected chi connectivity index (χ3v) is 2.37. The largest absolute Gasteiger partial charge is 0.342 e. The smallest absolute Gasteiger partial charge is 0.225 e. The predicted molar refractivity (Wildman–Crippen MR) is 64.3 cm³/mol. The van der Waals surface area contributed by atoms with E-state index in [1.165, 1.54) is 0 Å². The maximum atomic E-state index is 11.5. The molecule has 0 spiro atoms. The predicted octanol–water partition coefficient (Wildman–Crippen LogP) is 2.13. The Morgan fingerprint density at radius 1 is 1.67 bits per heavy atom. The van der Waals surface area contributed by atoms with Gasteiger partial charge in [-0.1, -0.05) is 34.0 Å². The highest BCUT2D eigenvalue weighted by atomic mass is 79.9. The molecule has 0 aliphatic heterocycles. The van der Waals surface area contributed by atoms with E-state index < -0.39 is 0 Å². The number of terminal acetylenes is 1. The van der Waals surface area contributed by atoms with Crippen LogP contribution < -0.4 is 5.32 Å². The average molecular weight is 266 g/mol. The summed E-state index contributed by atoms with van der Waals surface area (Å²) >= 11 is 3.35. The van der Waals surface area contributed by atoms with E-state index in [2.05, 4.69) is 27.2 Å². The fraction of sp³-hybridized carbons (Fsp3) is 0.250. The van der Waals surface area contributed by atoms with E-state index in [0.29, 0.717) is 6.42 Å². The third-order valence-electron chi connectivity index (χ3n) is 1.88. The summed E-state index contributed by atoms with van der Waals surface area (Å²) in [6.45, 7) is 1.78. The molecule has 0 bridgehead atoms. The average Bonchev–Trinajstić information content (AvgIpc) is 2.17. The van der Waals surface area contributed by atoms with Gasteiger partial charge in [0.15, 0.2) is 0 Å². The molecule has 1 amide bonds. The van der Waals surface area contributed by atoms with Crippen LogP contribution in [0.3, 0.4) is 0 Å². The quantitative estimate of drug-likeness (QED) is 0.834. The van der Waals surface area contributed by atoms with Crippen molar-refractivity contribution in [1.82, 2.24) is 5.32 Å². The molecule has 3 heteroatoms. The number of hydrogen-bond donors (Lipinski definition) is 1. The lowest BCUT2D eigenvalue weighted by atomic mass is 10.1. The molecule has 0 saturated heterocycles. The topological polar surface area (TPSA) is 29.1 Å². The van der Waals surface area contributed by atoms with Crippen LogP contribution in [0.25, 0.3) is 0 Å². The van der Waals surface area contributed by atoms with Gasteiger partial charge in [-0.25, -0.2) is 0 Å². The maximum absolute atomic E-state index is 11.5. The van der Waals surface area contributed by atoms with Crippen LogP contribution in [0.1, 0.15) is 12.5 Å². The summed E-state index contributed by atoms with van der Waals surface area (Å²) in [7, 11) is 0. The molecule has 0 saturated carbocycles. The van der Waals surface area contributed by atoms with E-state index in [0.717, 1.165) is 10.0 Å². The summed E-state index contributed by atoms with van der Waals surface area (Å²) in [6.07, 6.45) is 5.52. The minimum atomic E-state index is -0.218. The Labute approximate surface area is 98.2 Å². The molecule has 1 unspecified atom stereocenters. The van der Waals surface area contributed by atoms with Gasteiger partial charge in [-0.05, 0) is 24.6 Å². The Bertz CT molecular complexity index is 395. The molecular weight excluding hydrogens is 254 g/mol. The molecule has 2 nitrogen and oxygen atoms in total. The SMILES string of the molecule is C#CC(C)NC(=O)Cc1cccc(Br)c1. The highest BCUT2D eigenvalue weighted by Crippen LogP contribution is 2.11. The number of benzene rings is 1. The van der Waals surface area contributed by atoms with Gasteiger partial charge in [-0.3, -0.25) is 4.79 Å². The van der Waals surface area contributed by atoms with Crippen molar-refractivity contribution < 1.29 is 4.79 Å². The van der Waals surface area contributed by atoms with Crippen LogP contribution in [0.2, 0.25) is 0 Å². The van der Waals surface area contributed by atoms with E-state index in [1.54, 1.807) is 6.92 Å². The molecule has 0 aromatic heterocycles. The number of hydrogen-bond acceptors (Lipinski definition) is 1. The van der Waals surface area contributed by atoms with Crippen molar-refractivity contribution in [2.24, 2.45) is 0 Å². The van der Waals surface area contributed by atoms with Crippen LogP contribution in [0.15, 0.2) is 28.7 Å². The molecule has 0 radical (unpaired) electrons. The number of carbonyl (C=O) groups is 1. The summed E-state index contributed by atoms with van der Waals surface area (Å²) in [4.78, 5) is 11.5. The molecule has 1 atom stereocenters. The van der Waals surface area contributed by atoms with Crippen molar-refractivity contribution in [2.45, 2.75) is 19.4 Å². The second-order valence-corrected chi connectivity index (χ2v) is 4.18. The number of amides is 1. The van der Waals surface area contributed by atoms with Gasteiger partial charge in [0, 0.05) is 4.47 Å². The van der Waals surface area contributed by atoms with E-state index in [9.17, 15) is 4.79 Å². The van der Waals surface area contributed by atoms with Gasteiger partial charge in [-0.2, -0.15) is 0 Å². The zero-order valence-electron chi connectivity index (χ0n) is 8.46. The number of carbonyl (C=O) groups excluding carboxylic acids is 1. The minimum absolute atomic E-state index is 0.0569. The van der Waals surface area contributed by atoms with Gasteiger partial charge < -0.3 is 5.32 Å². The molecule has 78 valence electrons. The highest BCUT2D eigenvalue weighted by molar-refractivity contribution is 9.10. The number of rotatable bonds is 3. The van der Waals surface area contributed by atoms with E-state index >= 15 is 0 Å². The molecule has 1 aromatic carbocycles. The van der Waals surface area contributed by atoms with Crippen molar-refractivity contribution in [2.75, 3.05) is 0 Å². The van der Waals surface area contributed by atoms with Crippen molar-refractivity contribution in [3.05, 3.63) is 34.3 Å². The van der Waals surface area contributed by atoms with Gasteiger partial charge in [0.25, 0.3) is 0 Å². The molecule has 1 aromatic rings. The summed E-state index contributed by atoms with van der Waals surface area (Å²) in [5, 5.41) is 2.71. The number of nitrogens with one attached hydrogen (secondary N) is 1. The Morgan fingerprint density at radius 3 is 3.00 bits per heavy atom. The van der Waals surface area contributed by atoms with Gasteiger partial charge in [0.2, 0.25) is 5.91 Å². The molecule has 0 aliphatic rings. The molecule has 1 rings (SSSR count). The second-order valence-electron chi connectivity index (χ2n) is 3.26. The maximum Gasteiger partial charge on any atom is 0.225 e. The normalized spacial score (nSPS) is 11.5. The Hall–Kier alpha value is -1.27. The summed E-state index contributed by atoms with van der Waals surface area (Å²) in [5.41, 5.74) is 0.964. The van der Waals surface area contributed by atoms with Gasteiger partial charge >= 0.3 is 0 Å². The van der Waals surface area contributed by atoms with Crippen LogP contribution in [0.5, 0.6) is 0 Å². The number of halogens is 1. The standard InChI is InChI=1S/C12H12BrNO/c1-3-9(2)14-12(15)8-10-5-4-6-11(13)7-10/h1,4-7,9H,8H2,2H3,(H,14,15). The summed E-state index contributed by atoms with van der Waals surface area (Å²) in [5.74, 6) is 2.39. The molecule has 0 fully saturated rings. The fourth-order valence-corrected chi connectivity index (χ4v) is 1.61. The lowest BCUT2D eigenvalue weighted by Gasteiger charge is -2.07. The second kappa shape index (κ2) is 5.57. The first kappa shape index (κ1) is 11.8. The first-order chi connectivity index (χ1) is 7.11. The summed E-state index contributed by atoms with van der Waals surface area (Å²) in [6, 6.07) is 7.43. The van der Waals surface area contributed by atoms with Crippen molar-refractivity contribution in [1.29, 1.82) is 0 Å². The minimum Gasteiger partial charge on any atom is -0.342 e. The Morgan fingerprint density at radius 2 is 2.40 bits per heavy atom. The first-order valence-electron chi connectivity index (χ1n) is 4.61. The monoisotopic (exact) mass is 265 g/mol. The van der Waals surface area contributed by atoms with Gasteiger partial charge in [0.05, 0.1) is 12.5 Å². The van der Waals surface area contributed by atoms with Crippen LogP contribution >= 0.6 is 15.9 Å². The van der Waals surface area contributed by atoms with Crippen LogP contribution in [-0.2, 0) is 11.2 Å². The van der Waals surface area contributed by atoms with Crippen LogP contribution in [-0.4, -0.2) is 11.9 Å². The lowest BCUT2D eigenvalue weighted by Crippen LogP contribution is -2.32. The van der Waals surface area contributed by atoms with Crippen molar-refractivity contribution in [3.8, 4) is 12.3 Å². The van der Waals surface area contributed by atoms with Gasteiger partial charge in [-0.15, -0.1) is 6.42 Å². The van der Waals surface area contributed by atoms with E-state index in [4.69, 9.17) is 6.42 Å². The molecule has 1 N–H and O–H groups in total. The van der Waals surface area contributed by atoms with Crippen LogP contribution in [0.4, 0.5) is 0 Å². The van der Waals surface area contributed by atoms with Crippen molar-refractivity contribution in [3.63, 3.8) is 0 Å².